The van der Waals surface area contributed by atoms with Crippen LogP contribution in [0, 0.1) is 11.6 Å². The minimum Gasteiger partial charge on any atom is -0.444 e. The molecule has 0 fully saturated rings. The number of H-pyrrole nitrogens is 1. The molecule has 1 atom stereocenters. The van der Waals surface area contributed by atoms with Gasteiger partial charge in [0.1, 0.15) is 22.8 Å². The van der Waals surface area contributed by atoms with Crippen molar-refractivity contribution >= 4 is 17.7 Å². The molecular weight excluding hydrogens is 543 g/mol. The molecule has 0 spiro atoms. The van der Waals surface area contributed by atoms with Gasteiger partial charge in [-0.2, -0.15) is 0 Å². The van der Waals surface area contributed by atoms with E-state index in [0.717, 1.165) is 24.4 Å². The third-order valence-corrected chi connectivity index (χ3v) is 4.65. The van der Waals surface area contributed by atoms with Crippen molar-refractivity contribution in [3.05, 3.63) is 87.6 Å². The maximum atomic E-state index is 14.6. The van der Waals surface area contributed by atoms with E-state index in [2.05, 4.69) is 25.3 Å². The zero-order chi connectivity index (χ0) is 30.3. The van der Waals surface area contributed by atoms with Gasteiger partial charge in [0.15, 0.2) is 11.6 Å². The van der Waals surface area contributed by atoms with E-state index in [1.807, 2.05) is 13.8 Å². The second kappa shape index (κ2) is 13.0. The van der Waals surface area contributed by atoms with E-state index in [9.17, 15) is 36.3 Å². The number of hydrogen-bond donors (Lipinski definition) is 3. The molecular formula is C26H27F5N4O5. The quantitative estimate of drug-likeness (QED) is 0.320. The molecule has 3 N–H and O–H groups in total. The summed E-state index contributed by atoms with van der Waals surface area (Å²) in [7, 11) is 0. The summed E-state index contributed by atoms with van der Waals surface area (Å²) >= 11 is 0. The molecule has 0 radical (unpaired) electrons. The Kier molecular flexibility index (Phi) is 10.3. The summed E-state index contributed by atoms with van der Waals surface area (Å²) in [4.78, 5) is 43.3. The smallest absolute Gasteiger partial charge is 0.444 e. The summed E-state index contributed by atoms with van der Waals surface area (Å²) < 4.78 is 75.2. The Hall–Kier alpha value is -4.49. The van der Waals surface area contributed by atoms with E-state index in [1.165, 1.54) is 12.3 Å². The number of aromatic nitrogens is 2. The number of hydrogen-bond acceptors (Lipinski definition) is 6. The summed E-state index contributed by atoms with van der Waals surface area (Å²) in [6.07, 6.45) is -3.92. The highest BCUT2D eigenvalue weighted by atomic mass is 19.4. The number of alkyl halides is 3. The van der Waals surface area contributed by atoms with Crippen LogP contribution in [0.5, 0.6) is 5.75 Å². The first-order valence-electron chi connectivity index (χ1n) is 11.8. The van der Waals surface area contributed by atoms with Gasteiger partial charge in [-0.15, -0.1) is 13.2 Å². The molecule has 0 bridgehead atoms. The van der Waals surface area contributed by atoms with Crippen LogP contribution in [0.2, 0.25) is 0 Å². The van der Waals surface area contributed by atoms with Crippen molar-refractivity contribution in [2.24, 2.45) is 0 Å². The van der Waals surface area contributed by atoms with Crippen molar-refractivity contribution in [1.29, 1.82) is 0 Å². The third-order valence-electron chi connectivity index (χ3n) is 4.65. The Morgan fingerprint density at radius 2 is 1.70 bits per heavy atom. The van der Waals surface area contributed by atoms with E-state index in [1.54, 1.807) is 20.8 Å². The van der Waals surface area contributed by atoms with E-state index in [4.69, 9.17) is 4.74 Å². The SMILES string of the molecule is CC.CC(C)(C)OC(=O)Nc1cc(C(=O)NC(c2ccc(OC(F)(F)F)c(F)c2)c2ncccc2F)c[nH]c1=O. The lowest BCUT2D eigenvalue weighted by atomic mass is 10.0. The standard InChI is InChI=1S/C24H21F5N4O5.C2H6/c1-23(2,3)38-22(36)32-16-10-13(11-31-21(16)35)20(34)33-18(19-14(25)5-4-8-30-19)12-6-7-17(15(26)9-12)37-24(27,28)29;1-2/h4-11,18H,1-3H3,(H,31,35)(H,32,36)(H,33,34);1-2H3. The maximum absolute atomic E-state index is 14.6. The highest BCUT2D eigenvalue weighted by Gasteiger charge is 2.33. The Labute approximate surface area is 225 Å². The molecule has 1 unspecified atom stereocenters. The first kappa shape index (κ1) is 31.7. The fraction of sp³-hybridized carbons (Fsp3) is 0.308. The Morgan fingerprint density at radius 3 is 2.27 bits per heavy atom. The Balaban J connectivity index is 0.00000274. The van der Waals surface area contributed by atoms with Crippen molar-refractivity contribution in [3.63, 3.8) is 0 Å². The lowest BCUT2D eigenvalue weighted by Crippen LogP contribution is -2.32. The molecule has 1 aromatic carbocycles. The van der Waals surface area contributed by atoms with Crippen LogP contribution in [0.15, 0.2) is 53.6 Å². The second-order valence-corrected chi connectivity index (χ2v) is 8.77. The number of benzene rings is 1. The maximum Gasteiger partial charge on any atom is 0.573 e. The molecule has 3 aromatic rings. The molecule has 40 heavy (non-hydrogen) atoms. The summed E-state index contributed by atoms with van der Waals surface area (Å²) in [5.41, 5.74) is -2.73. The zero-order valence-electron chi connectivity index (χ0n) is 22.1. The molecule has 2 aromatic heterocycles. The molecule has 2 heterocycles. The molecule has 0 aliphatic carbocycles. The molecule has 0 aliphatic rings. The first-order valence-corrected chi connectivity index (χ1v) is 11.8. The van der Waals surface area contributed by atoms with Gasteiger partial charge in [-0.05, 0) is 56.7 Å². The minimum absolute atomic E-state index is 0.167. The number of nitrogens with zero attached hydrogens (tertiary/aromatic N) is 1. The summed E-state index contributed by atoms with van der Waals surface area (Å²) in [5, 5.41) is 4.61. The number of carbonyl (C=O) groups excluding carboxylic acids is 2. The fourth-order valence-corrected chi connectivity index (χ4v) is 3.16. The Bertz CT molecular complexity index is 1400. The number of halogens is 5. The fourth-order valence-electron chi connectivity index (χ4n) is 3.16. The third kappa shape index (κ3) is 9.06. The van der Waals surface area contributed by atoms with Crippen molar-refractivity contribution in [2.75, 3.05) is 5.32 Å². The van der Waals surface area contributed by atoms with Gasteiger partial charge in [0, 0.05) is 12.4 Å². The van der Waals surface area contributed by atoms with Gasteiger partial charge in [0.05, 0.1) is 11.6 Å². The van der Waals surface area contributed by atoms with E-state index in [-0.39, 0.29) is 22.5 Å². The monoisotopic (exact) mass is 570 g/mol. The van der Waals surface area contributed by atoms with E-state index >= 15 is 0 Å². The van der Waals surface area contributed by atoms with Crippen molar-refractivity contribution in [2.45, 2.75) is 52.6 Å². The van der Waals surface area contributed by atoms with Crippen LogP contribution >= 0.6 is 0 Å². The normalized spacial score (nSPS) is 11.9. The van der Waals surface area contributed by atoms with Gasteiger partial charge in [-0.3, -0.25) is 19.9 Å². The van der Waals surface area contributed by atoms with Crippen molar-refractivity contribution < 1.29 is 41.0 Å². The van der Waals surface area contributed by atoms with Gasteiger partial charge < -0.3 is 19.8 Å². The molecule has 0 saturated carbocycles. The lowest BCUT2D eigenvalue weighted by Gasteiger charge is -2.21. The lowest BCUT2D eigenvalue weighted by molar-refractivity contribution is -0.275. The molecule has 14 heteroatoms. The van der Waals surface area contributed by atoms with Gasteiger partial charge in [-0.25, -0.2) is 13.6 Å². The van der Waals surface area contributed by atoms with Gasteiger partial charge in [-0.1, -0.05) is 19.9 Å². The summed E-state index contributed by atoms with van der Waals surface area (Å²) in [6.45, 7) is 8.80. The average Bonchev–Trinajstić information content (AvgIpc) is 2.85. The van der Waals surface area contributed by atoms with Crippen LogP contribution in [0.4, 0.5) is 32.4 Å². The number of pyridine rings is 2. The molecule has 2 amide bonds. The molecule has 0 aliphatic heterocycles. The largest absolute Gasteiger partial charge is 0.573 e. The van der Waals surface area contributed by atoms with Crippen LogP contribution in [-0.2, 0) is 4.74 Å². The average molecular weight is 571 g/mol. The number of nitrogens with one attached hydrogen (secondary N) is 3. The van der Waals surface area contributed by atoms with Crippen LogP contribution < -0.4 is 20.9 Å². The van der Waals surface area contributed by atoms with E-state index in [0.29, 0.717) is 12.1 Å². The Morgan fingerprint density at radius 1 is 1.02 bits per heavy atom. The molecule has 3 rings (SSSR count). The van der Waals surface area contributed by atoms with Crippen molar-refractivity contribution in [1.82, 2.24) is 15.3 Å². The molecule has 216 valence electrons. The van der Waals surface area contributed by atoms with E-state index < -0.39 is 52.9 Å². The number of amides is 2. The van der Waals surface area contributed by atoms with Gasteiger partial charge in [0.2, 0.25) is 0 Å². The minimum atomic E-state index is -5.15. The number of aromatic amines is 1. The van der Waals surface area contributed by atoms with Gasteiger partial charge in [0.25, 0.3) is 11.5 Å². The highest BCUT2D eigenvalue weighted by Crippen LogP contribution is 2.30. The van der Waals surface area contributed by atoms with Crippen LogP contribution in [0.25, 0.3) is 0 Å². The first-order chi connectivity index (χ1) is 18.6. The number of ether oxygens (including phenoxy) is 2. The number of anilines is 1. The molecule has 0 saturated heterocycles. The van der Waals surface area contributed by atoms with Crippen LogP contribution in [0.3, 0.4) is 0 Å². The highest BCUT2D eigenvalue weighted by molar-refractivity contribution is 5.96. The number of rotatable bonds is 6. The second-order valence-electron chi connectivity index (χ2n) is 8.77. The predicted molar refractivity (Wildman–Crippen MR) is 135 cm³/mol. The summed E-state index contributed by atoms with van der Waals surface area (Å²) in [6, 6.07) is 4.10. The zero-order valence-corrected chi connectivity index (χ0v) is 22.1. The predicted octanol–water partition coefficient (Wildman–Crippen LogP) is 5.84. The summed E-state index contributed by atoms with van der Waals surface area (Å²) in [5.74, 6) is -4.39. The number of carbonyl (C=O) groups is 2. The van der Waals surface area contributed by atoms with Gasteiger partial charge >= 0.3 is 12.5 Å². The van der Waals surface area contributed by atoms with Crippen LogP contribution in [0.1, 0.15) is 62.3 Å². The molecule has 9 nitrogen and oxygen atoms in total. The topological polar surface area (TPSA) is 122 Å². The van der Waals surface area contributed by atoms with Crippen LogP contribution in [-0.4, -0.2) is 33.9 Å². The van der Waals surface area contributed by atoms with Crippen molar-refractivity contribution in [3.8, 4) is 5.75 Å².